The van der Waals surface area contributed by atoms with Gasteiger partial charge in [-0.2, -0.15) is 5.26 Å². The summed E-state index contributed by atoms with van der Waals surface area (Å²) in [5.74, 6) is 0. The van der Waals surface area contributed by atoms with Crippen molar-refractivity contribution in [3.8, 4) is 6.07 Å². The minimum atomic E-state index is -0.549. The first kappa shape index (κ1) is 11.9. The van der Waals surface area contributed by atoms with E-state index < -0.39 is 6.03 Å². The van der Waals surface area contributed by atoms with Crippen molar-refractivity contribution in [3.05, 3.63) is 29.3 Å². The molecule has 0 unspecified atom stereocenters. The van der Waals surface area contributed by atoms with Crippen molar-refractivity contribution in [2.24, 2.45) is 5.73 Å². The van der Waals surface area contributed by atoms with E-state index in [-0.39, 0.29) is 0 Å². The third-order valence-electron chi connectivity index (χ3n) is 2.04. The third kappa shape index (κ3) is 3.50. The average Bonchev–Trinajstić information content (AvgIpc) is 2.24. The molecule has 4 N–H and O–H groups in total. The zero-order valence-corrected chi connectivity index (χ0v) is 9.08. The number of nitriles is 1. The molecule has 0 saturated carbocycles. The van der Waals surface area contributed by atoms with Gasteiger partial charge in [-0.25, -0.2) is 4.79 Å². The lowest BCUT2D eigenvalue weighted by molar-refractivity contribution is 0.249. The molecule has 1 aromatic rings. The maximum atomic E-state index is 10.4. The molecule has 0 fully saturated rings. The molecule has 16 heavy (non-hydrogen) atoms. The maximum Gasteiger partial charge on any atom is 0.312 e. The van der Waals surface area contributed by atoms with Crippen molar-refractivity contribution < 1.29 is 4.79 Å². The molecule has 84 valence electrons. The van der Waals surface area contributed by atoms with Gasteiger partial charge in [0.1, 0.15) is 6.07 Å². The molecule has 1 rings (SSSR count). The van der Waals surface area contributed by atoms with Crippen LogP contribution in [0.15, 0.2) is 18.2 Å². The summed E-state index contributed by atoms with van der Waals surface area (Å²) in [5.41, 5.74) is 7.36. The Morgan fingerprint density at radius 3 is 2.88 bits per heavy atom. The fraction of sp³-hybridized carbons (Fsp3) is 0.273. The van der Waals surface area contributed by atoms with Crippen LogP contribution in [-0.2, 0) is 0 Å². The fourth-order valence-electron chi connectivity index (χ4n) is 1.28. The summed E-state index contributed by atoms with van der Waals surface area (Å²) >= 11 is 0. The van der Waals surface area contributed by atoms with E-state index in [2.05, 4.69) is 16.7 Å². The lowest BCUT2D eigenvalue weighted by Gasteiger charge is -2.09. The summed E-state index contributed by atoms with van der Waals surface area (Å²) in [6.07, 6.45) is 0. The predicted molar refractivity (Wildman–Crippen MR) is 62.0 cm³/mol. The Labute approximate surface area is 94.2 Å². The van der Waals surface area contributed by atoms with Crippen molar-refractivity contribution >= 4 is 11.7 Å². The molecule has 0 spiro atoms. The summed E-state index contributed by atoms with van der Waals surface area (Å²) in [5, 5.41) is 14.4. The van der Waals surface area contributed by atoms with Gasteiger partial charge >= 0.3 is 6.03 Å². The number of nitrogens with one attached hydrogen (secondary N) is 2. The second-order valence-electron chi connectivity index (χ2n) is 3.38. The van der Waals surface area contributed by atoms with Crippen molar-refractivity contribution in [1.29, 1.82) is 5.26 Å². The van der Waals surface area contributed by atoms with Gasteiger partial charge in [0.15, 0.2) is 0 Å². The van der Waals surface area contributed by atoms with Crippen LogP contribution in [0.2, 0.25) is 0 Å². The van der Waals surface area contributed by atoms with Gasteiger partial charge in [-0.3, -0.25) is 0 Å². The zero-order valence-electron chi connectivity index (χ0n) is 9.08. The molecule has 0 atom stereocenters. The Kier molecular flexibility index (Phi) is 4.16. The number of nitrogens with two attached hydrogens (primary N) is 1. The first-order chi connectivity index (χ1) is 7.63. The van der Waals surface area contributed by atoms with Crippen LogP contribution in [0.1, 0.15) is 11.1 Å². The van der Waals surface area contributed by atoms with Crippen molar-refractivity contribution in [2.45, 2.75) is 6.92 Å². The second kappa shape index (κ2) is 5.61. The number of anilines is 1. The maximum absolute atomic E-state index is 10.4. The molecular weight excluding hydrogens is 204 g/mol. The van der Waals surface area contributed by atoms with Crippen molar-refractivity contribution in [2.75, 3.05) is 18.4 Å². The highest BCUT2D eigenvalue weighted by Gasteiger charge is 2.01. The number of rotatable bonds is 4. The Morgan fingerprint density at radius 2 is 2.25 bits per heavy atom. The number of benzene rings is 1. The molecule has 0 saturated heterocycles. The Hall–Kier alpha value is -2.22. The number of primary amides is 1. The molecule has 0 radical (unpaired) electrons. The minimum Gasteiger partial charge on any atom is -0.382 e. The lowest BCUT2D eigenvalue weighted by atomic mass is 10.1. The summed E-state index contributed by atoms with van der Waals surface area (Å²) in [6.45, 7) is 2.91. The molecule has 5 nitrogen and oxygen atoms in total. The average molecular weight is 218 g/mol. The van der Waals surface area contributed by atoms with E-state index in [4.69, 9.17) is 11.0 Å². The van der Waals surface area contributed by atoms with Crippen LogP contribution in [0, 0.1) is 18.3 Å². The standard InChI is InChI=1S/C11H14N4O/c1-8-2-3-9(7-12)10(6-8)14-4-5-15-11(13)16/h2-3,6,14H,4-5H2,1H3,(H3,13,15,16). The monoisotopic (exact) mass is 218 g/mol. The molecule has 0 aromatic heterocycles. The van der Waals surface area contributed by atoms with Crippen LogP contribution in [0.5, 0.6) is 0 Å². The first-order valence-corrected chi connectivity index (χ1v) is 4.91. The summed E-state index contributed by atoms with van der Waals surface area (Å²) in [7, 11) is 0. The second-order valence-corrected chi connectivity index (χ2v) is 3.38. The molecular formula is C11H14N4O. The van der Waals surface area contributed by atoms with Crippen LogP contribution >= 0.6 is 0 Å². The highest BCUT2D eigenvalue weighted by atomic mass is 16.2. The normalized spacial score (nSPS) is 9.25. The highest BCUT2D eigenvalue weighted by Crippen LogP contribution is 2.15. The number of carbonyl (C=O) groups excluding carboxylic acids is 1. The van der Waals surface area contributed by atoms with Gasteiger partial charge in [0.2, 0.25) is 0 Å². The number of aryl methyl sites for hydroxylation is 1. The van der Waals surface area contributed by atoms with Gasteiger partial charge in [-0.15, -0.1) is 0 Å². The smallest absolute Gasteiger partial charge is 0.312 e. The SMILES string of the molecule is Cc1ccc(C#N)c(NCCNC(N)=O)c1. The van der Waals surface area contributed by atoms with E-state index in [1.165, 1.54) is 0 Å². The summed E-state index contributed by atoms with van der Waals surface area (Å²) < 4.78 is 0. The molecule has 1 aromatic carbocycles. The third-order valence-corrected chi connectivity index (χ3v) is 2.04. The van der Waals surface area contributed by atoms with Gasteiger partial charge in [0, 0.05) is 13.1 Å². The Morgan fingerprint density at radius 1 is 1.50 bits per heavy atom. The van der Waals surface area contributed by atoms with E-state index in [9.17, 15) is 4.79 Å². The number of amides is 2. The number of hydrogen-bond acceptors (Lipinski definition) is 3. The van der Waals surface area contributed by atoms with E-state index >= 15 is 0 Å². The van der Waals surface area contributed by atoms with Gasteiger partial charge in [0.25, 0.3) is 0 Å². The molecule has 0 bridgehead atoms. The van der Waals surface area contributed by atoms with Gasteiger partial charge in [0.05, 0.1) is 11.3 Å². The van der Waals surface area contributed by atoms with Gasteiger partial charge in [-0.1, -0.05) is 6.07 Å². The Bertz CT molecular complexity index is 422. The number of urea groups is 1. The molecule has 2 amide bonds. The van der Waals surface area contributed by atoms with Crippen LogP contribution < -0.4 is 16.4 Å². The highest BCUT2D eigenvalue weighted by molar-refractivity contribution is 5.71. The molecule has 0 heterocycles. The molecule has 0 aliphatic heterocycles. The minimum absolute atomic E-state index is 0.425. The van der Waals surface area contributed by atoms with E-state index in [0.717, 1.165) is 11.3 Å². The quantitative estimate of drug-likeness (QED) is 0.657. The number of nitrogens with zero attached hydrogens (tertiary/aromatic N) is 1. The van der Waals surface area contributed by atoms with Crippen molar-refractivity contribution in [1.82, 2.24) is 5.32 Å². The van der Waals surface area contributed by atoms with Gasteiger partial charge in [-0.05, 0) is 24.6 Å². The lowest BCUT2D eigenvalue weighted by Crippen LogP contribution is -2.33. The first-order valence-electron chi connectivity index (χ1n) is 4.91. The van der Waals surface area contributed by atoms with Crippen LogP contribution in [0.3, 0.4) is 0 Å². The van der Waals surface area contributed by atoms with E-state index in [0.29, 0.717) is 18.7 Å². The molecule has 5 heteroatoms. The Balaban J connectivity index is 2.56. The molecule has 0 aliphatic rings. The number of hydrogen-bond donors (Lipinski definition) is 3. The summed E-state index contributed by atoms with van der Waals surface area (Å²) in [6, 6.07) is 7.08. The summed E-state index contributed by atoms with van der Waals surface area (Å²) in [4.78, 5) is 10.4. The van der Waals surface area contributed by atoms with Crippen LogP contribution in [-0.4, -0.2) is 19.1 Å². The van der Waals surface area contributed by atoms with E-state index in [1.54, 1.807) is 6.07 Å². The van der Waals surface area contributed by atoms with Crippen LogP contribution in [0.25, 0.3) is 0 Å². The largest absolute Gasteiger partial charge is 0.382 e. The van der Waals surface area contributed by atoms with Gasteiger partial charge < -0.3 is 16.4 Å². The van der Waals surface area contributed by atoms with Crippen LogP contribution in [0.4, 0.5) is 10.5 Å². The number of carbonyl (C=O) groups is 1. The fourth-order valence-corrected chi connectivity index (χ4v) is 1.28. The van der Waals surface area contributed by atoms with E-state index in [1.807, 2.05) is 19.1 Å². The van der Waals surface area contributed by atoms with Crippen molar-refractivity contribution in [3.63, 3.8) is 0 Å². The molecule has 0 aliphatic carbocycles. The predicted octanol–water partition coefficient (Wildman–Crippen LogP) is 0.947. The zero-order chi connectivity index (χ0) is 12.0. The topological polar surface area (TPSA) is 90.9 Å².